The van der Waals surface area contributed by atoms with Gasteiger partial charge in [0.1, 0.15) is 11.9 Å². The molecular weight excluding hydrogens is 297 g/mol. The number of halogens is 1. The van der Waals surface area contributed by atoms with Crippen molar-refractivity contribution in [2.24, 2.45) is 0 Å². The van der Waals surface area contributed by atoms with Gasteiger partial charge in [-0.3, -0.25) is 4.79 Å². The third kappa shape index (κ3) is 4.94. The van der Waals surface area contributed by atoms with E-state index in [0.717, 1.165) is 25.8 Å². The minimum absolute atomic E-state index is 0.0573. The van der Waals surface area contributed by atoms with Crippen molar-refractivity contribution in [3.05, 3.63) is 35.6 Å². The summed E-state index contributed by atoms with van der Waals surface area (Å²) >= 11 is 0. The van der Waals surface area contributed by atoms with Crippen molar-refractivity contribution in [2.75, 3.05) is 6.54 Å². The molecule has 23 heavy (non-hydrogen) atoms. The van der Waals surface area contributed by atoms with Crippen LogP contribution in [0, 0.1) is 5.82 Å². The molecule has 1 heterocycles. The standard InChI is InChI=1S/C17H24FN3O2/c1-12-6-3-4-9-21(12)16(22)13(2)20-17(23)19-11-14-7-5-8-15(18)10-14/h5,7-8,10,12-13H,3-4,6,9,11H2,1-2H3,(H2,19,20,23)/t12-,13-/m1/s1. The summed E-state index contributed by atoms with van der Waals surface area (Å²) in [4.78, 5) is 26.1. The predicted molar refractivity (Wildman–Crippen MR) is 86.3 cm³/mol. The van der Waals surface area contributed by atoms with Crippen LogP contribution in [0.4, 0.5) is 9.18 Å². The van der Waals surface area contributed by atoms with Crippen molar-refractivity contribution in [3.8, 4) is 0 Å². The van der Waals surface area contributed by atoms with E-state index < -0.39 is 12.1 Å². The van der Waals surface area contributed by atoms with Crippen LogP contribution in [-0.4, -0.2) is 35.5 Å². The Morgan fingerprint density at radius 2 is 2.17 bits per heavy atom. The third-order valence-corrected chi connectivity index (χ3v) is 4.15. The predicted octanol–water partition coefficient (Wildman–Crippen LogP) is 2.41. The maximum absolute atomic E-state index is 13.1. The zero-order valence-electron chi connectivity index (χ0n) is 13.6. The van der Waals surface area contributed by atoms with E-state index in [0.29, 0.717) is 5.56 Å². The molecule has 0 unspecified atom stereocenters. The summed E-state index contributed by atoms with van der Waals surface area (Å²) in [5.74, 6) is -0.398. The van der Waals surface area contributed by atoms with Gasteiger partial charge in [-0.25, -0.2) is 9.18 Å². The van der Waals surface area contributed by atoms with Crippen LogP contribution in [0.2, 0.25) is 0 Å². The van der Waals surface area contributed by atoms with E-state index in [1.807, 2.05) is 11.8 Å². The molecule has 2 N–H and O–H groups in total. The van der Waals surface area contributed by atoms with E-state index in [2.05, 4.69) is 10.6 Å². The Morgan fingerprint density at radius 1 is 1.39 bits per heavy atom. The number of urea groups is 1. The van der Waals surface area contributed by atoms with Gasteiger partial charge in [0.15, 0.2) is 0 Å². The van der Waals surface area contributed by atoms with E-state index in [-0.39, 0.29) is 24.3 Å². The summed E-state index contributed by atoms with van der Waals surface area (Å²) in [6.07, 6.45) is 3.15. The molecule has 5 nitrogen and oxygen atoms in total. The molecule has 1 aromatic carbocycles. The topological polar surface area (TPSA) is 61.4 Å². The molecule has 1 aromatic rings. The largest absolute Gasteiger partial charge is 0.338 e. The molecule has 1 fully saturated rings. The Balaban J connectivity index is 1.80. The first-order chi connectivity index (χ1) is 11.0. The fourth-order valence-corrected chi connectivity index (χ4v) is 2.81. The zero-order valence-corrected chi connectivity index (χ0v) is 13.6. The molecule has 2 rings (SSSR count). The lowest BCUT2D eigenvalue weighted by Crippen LogP contribution is -2.53. The number of carbonyl (C=O) groups is 2. The Bertz CT molecular complexity index is 565. The number of hydrogen-bond donors (Lipinski definition) is 2. The highest BCUT2D eigenvalue weighted by Crippen LogP contribution is 2.17. The van der Waals surface area contributed by atoms with E-state index in [9.17, 15) is 14.0 Å². The Kier molecular flexibility index (Phi) is 5.96. The van der Waals surface area contributed by atoms with Crippen LogP contribution < -0.4 is 10.6 Å². The third-order valence-electron chi connectivity index (χ3n) is 4.15. The Labute approximate surface area is 136 Å². The van der Waals surface area contributed by atoms with Crippen LogP contribution in [-0.2, 0) is 11.3 Å². The van der Waals surface area contributed by atoms with E-state index in [4.69, 9.17) is 0 Å². The molecule has 3 amide bonds. The quantitative estimate of drug-likeness (QED) is 0.894. The highest BCUT2D eigenvalue weighted by molar-refractivity contribution is 5.86. The van der Waals surface area contributed by atoms with Gasteiger partial charge in [-0.05, 0) is 50.8 Å². The van der Waals surface area contributed by atoms with Crippen LogP contribution in [0.5, 0.6) is 0 Å². The molecule has 0 spiro atoms. The van der Waals surface area contributed by atoms with Crippen LogP contribution in [0.3, 0.4) is 0 Å². The molecule has 6 heteroatoms. The maximum Gasteiger partial charge on any atom is 0.315 e. The normalized spacial score (nSPS) is 19.1. The van der Waals surface area contributed by atoms with Crippen molar-refractivity contribution < 1.29 is 14.0 Å². The summed E-state index contributed by atoms with van der Waals surface area (Å²) in [5, 5.41) is 5.29. The zero-order chi connectivity index (χ0) is 16.8. The molecule has 2 atom stereocenters. The second kappa shape index (κ2) is 7.94. The average molecular weight is 321 g/mol. The number of likely N-dealkylation sites (tertiary alicyclic amines) is 1. The number of amides is 3. The highest BCUT2D eigenvalue weighted by Gasteiger charge is 2.27. The van der Waals surface area contributed by atoms with Gasteiger partial charge < -0.3 is 15.5 Å². The summed E-state index contributed by atoms with van der Waals surface area (Å²) in [6.45, 7) is 4.68. The molecule has 1 aliphatic heterocycles. The number of rotatable bonds is 4. The van der Waals surface area contributed by atoms with Gasteiger partial charge in [0.2, 0.25) is 5.91 Å². The lowest BCUT2D eigenvalue weighted by Gasteiger charge is -2.35. The lowest BCUT2D eigenvalue weighted by atomic mass is 10.0. The van der Waals surface area contributed by atoms with Gasteiger partial charge in [-0.2, -0.15) is 0 Å². The molecule has 0 saturated carbocycles. The van der Waals surface area contributed by atoms with Gasteiger partial charge >= 0.3 is 6.03 Å². The number of nitrogens with one attached hydrogen (secondary N) is 2. The number of benzene rings is 1. The van der Waals surface area contributed by atoms with Crippen molar-refractivity contribution in [3.63, 3.8) is 0 Å². The van der Waals surface area contributed by atoms with Gasteiger partial charge in [-0.1, -0.05) is 12.1 Å². The molecule has 1 saturated heterocycles. The SMILES string of the molecule is C[C@@H]1CCCCN1C(=O)[C@@H](C)NC(=O)NCc1cccc(F)c1. The minimum atomic E-state index is -0.581. The number of piperidine rings is 1. The monoisotopic (exact) mass is 321 g/mol. The number of hydrogen-bond acceptors (Lipinski definition) is 2. The van der Waals surface area contributed by atoms with E-state index >= 15 is 0 Å². The van der Waals surface area contributed by atoms with Crippen molar-refractivity contribution in [1.82, 2.24) is 15.5 Å². The lowest BCUT2D eigenvalue weighted by molar-refractivity contribution is -0.136. The van der Waals surface area contributed by atoms with Crippen LogP contribution in [0.15, 0.2) is 24.3 Å². The van der Waals surface area contributed by atoms with Gasteiger partial charge in [-0.15, -0.1) is 0 Å². The highest BCUT2D eigenvalue weighted by atomic mass is 19.1. The smallest absolute Gasteiger partial charge is 0.315 e. The number of carbonyl (C=O) groups excluding carboxylic acids is 2. The van der Waals surface area contributed by atoms with Gasteiger partial charge in [0.05, 0.1) is 0 Å². The summed E-state index contributed by atoms with van der Waals surface area (Å²) in [5.41, 5.74) is 0.670. The van der Waals surface area contributed by atoms with E-state index in [1.165, 1.54) is 12.1 Å². The Hall–Kier alpha value is -2.11. The van der Waals surface area contributed by atoms with Crippen molar-refractivity contribution in [2.45, 2.75) is 51.7 Å². The Morgan fingerprint density at radius 3 is 2.87 bits per heavy atom. The van der Waals surface area contributed by atoms with E-state index in [1.54, 1.807) is 19.1 Å². The first-order valence-corrected chi connectivity index (χ1v) is 8.06. The molecule has 0 aliphatic carbocycles. The minimum Gasteiger partial charge on any atom is -0.338 e. The summed E-state index contributed by atoms with van der Waals surface area (Å²) in [7, 11) is 0. The van der Waals surface area contributed by atoms with Crippen LogP contribution in [0.1, 0.15) is 38.7 Å². The number of nitrogens with zero attached hydrogens (tertiary/aromatic N) is 1. The van der Waals surface area contributed by atoms with Crippen LogP contribution in [0.25, 0.3) is 0 Å². The second-order valence-corrected chi connectivity index (χ2v) is 6.06. The first-order valence-electron chi connectivity index (χ1n) is 8.06. The van der Waals surface area contributed by atoms with Gasteiger partial charge in [0.25, 0.3) is 0 Å². The molecule has 0 radical (unpaired) electrons. The fraction of sp³-hybridized carbons (Fsp3) is 0.529. The molecule has 1 aliphatic rings. The van der Waals surface area contributed by atoms with Crippen molar-refractivity contribution in [1.29, 1.82) is 0 Å². The molecule has 0 aromatic heterocycles. The van der Waals surface area contributed by atoms with Gasteiger partial charge in [0, 0.05) is 19.1 Å². The van der Waals surface area contributed by atoms with Crippen LogP contribution >= 0.6 is 0 Å². The second-order valence-electron chi connectivity index (χ2n) is 6.06. The maximum atomic E-state index is 13.1. The fourth-order valence-electron chi connectivity index (χ4n) is 2.81. The molecule has 126 valence electrons. The van der Waals surface area contributed by atoms with Crippen molar-refractivity contribution >= 4 is 11.9 Å². The molecule has 0 bridgehead atoms. The first kappa shape index (κ1) is 17.2. The summed E-state index contributed by atoms with van der Waals surface area (Å²) in [6, 6.07) is 5.24. The molecular formula is C17H24FN3O2. The average Bonchev–Trinajstić information content (AvgIpc) is 2.53. The summed E-state index contributed by atoms with van der Waals surface area (Å²) < 4.78 is 13.1.